The summed E-state index contributed by atoms with van der Waals surface area (Å²) in [6.45, 7) is 5.36. The van der Waals surface area contributed by atoms with Crippen molar-refractivity contribution in [3.05, 3.63) is 35.4 Å². The predicted octanol–water partition coefficient (Wildman–Crippen LogP) is 1.25. The lowest BCUT2D eigenvalue weighted by Gasteiger charge is -2.23. The maximum Gasteiger partial charge on any atom is 0.327 e. The van der Waals surface area contributed by atoms with E-state index in [9.17, 15) is 14.4 Å². The molecule has 0 aliphatic heterocycles. The Morgan fingerprint density at radius 3 is 2.26 bits per heavy atom. The summed E-state index contributed by atoms with van der Waals surface area (Å²) in [7, 11) is 0. The third-order valence-electron chi connectivity index (χ3n) is 3.42. The van der Waals surface area contributed by atoms with Crippen LogP contribution in [0.2, 0.25) is 0 Å². The Hall–Kier alpha value is -2.02. The molecule has 0 aliphatic rings. The molecule has 1 aromatic rings. The number of nitrogens with one attached hydrogen (secondary N) is 2. The molecule has 6 nitrogen and oxygen atoms in total. The summed E-state index contributed by atoms with van der Waals surface area (Å²) in [5.41, 5.74) is 1.28. The average molecular weight is 338 g/mol. The van der Waals surface area contributed by atoms with Crippen molar-refractivity contribution in [2.75, 3.05) is 5.75 Å². The fourth-order valence-corrected chi connectivity index (χ4v) is 2.28. The lowest BCUT2D eigenvalue weighted by molar-refractivity contribution is -0.141. The van der Waals surface area contributed by atoms with Gasteiger partial charge >= 0.3 is 5.97 Å². The zero-order valence-electron chi connectivity index (χ0n) is 13.4. The molecule has 0 unspecified atom stereocenters. The molecule has 23 heavy (non-hydrogen) atoms. The number of aryl methyl sites for hydroxylation is 1. The van der Waals surface area contributed by atoms with Crippen LogP contribution in [0.4, 0.5) is 0 Å². The fourth-order valence-electron chi connectivity index (χ4n) is 2.03. The van der Waals surface area contributed by atoms with Gasteiger partial charge in [-0.25, -0.2) is 4.79 Å². The number of thiol groups is 1. The van der Waals surface area contributed by atoms with Gasteiger partial charge in [0.05, 0.1) is 0 Å². The van der Waals surface area contributed by atoms with Gasteiger partial charge in [0.25, 0.3) is 5.91 Å². The van der Waals surface area contributed by atoms with Crippen molar-refractivity contribution >= 4 is 30.4 Å². The number of hydrogen-bond donors (Lipinski definition) is 4. The number of carboxylic acids is 1. The first-order chi connectivity index (χ1) is 10.8. The van der Waals surface area contributed by atoms with Crippen molar-refractivity contribution in [1.82, 2.24) is 10.6 Å². The fraction of sp³-hybridized carbons (Fsp3) is 0.438. The summed E-state index contributed by atoms with van der Waals surface area (Å²) in [6.07, 6.45) is 0. The van der Waals surface area contributed by atoms with Gasteiger partial charge in [0.15, 0.2) is 0 Å². The van der Waals surface area contributed by atoms with Crippen molar-refractivity contribution < 1.29 is 19.5 Å². The number of carboxylic acid groups (broad SMARTS) is 1. The molecule has 2 atom stereocenters. The first kappa shape index (κ1) is 19.0. The number of aliphatic carboxylic acids is 1. The second-order valence-corrected chi connectivity index (χ2v) is 5.96. The number of carbonyl (C=O) groups is 3. The predicted molar refractivity (Wildman–Crippen MR) is 90.7 cm³/mol. The van der Waals surface area contributed by atoms with Gasteiger partial charge < -0.3 is 15.7 Å². The molecule has 0 radical (unpaired) electrons. The maximum atomic E-state index is 12.4. The van der Waals surface area contributed by atoms with Crippen LogP contribution in [0.5, 0.6) is 0 Å². The van der Waals surface area contributed by atoms with Gasteiger partial charge in [-0.3, -0.25) is 9.59 Å². The number of rotatable bonds is 7. The van der Waals surface area contributed by atoms with Gasteiger partial charge in [0.1, 0.15) is 12.1 Å². The maximum absolute atomic E-state index is 12.4. The number of amides is 2. The summed E-state index contributed by atoms with van der Waals surface area (Å²) in [5, 5.41) is 14.1. The van der Waals surface area contributed by atoms with Crippen LogP contribution < -0.4 is 10.6 Å². The zero-order valence-corrected chi connectivity index (χ0v) is 14.3. The Bertz CT molecular complexity index is 589. The highest BCUT2D eigenvalue weighted by molar-refractivity contribution is 7.80. The molecule has 0 spiro atoms. The standard InChI is InChI=1S/C16H22N2O4S/c1-9(2)13(15(20)17-12(8-23)16(21)22)18-14(19)11-7-5-4-6-10(11)3/h4-7,9,12-13,23H,8H2,1-3H3,(H,17,20)(H,18,19)(H,21,22)/t12-,13-/m0/s1. The summed E-state index contributed by atoms with van der Waals surface area (Å²) in [5.74, 6) is -2.30. The van der Waals surface area contributed by atoms with Crippen LogP contribution in [0.15, 0.2) is 24.3 Å². The van der Waals surface area contributed by atoms with Crippen molar-refractivity contribution in [1.29, 1.82) is 0 Å². The van der Waals surface area contributed by atoms with E-state index in [1.165, 1.54) is 0 Å². The van der Waals surface area contributed by atoms with Gasteiger partial charge in [-0.05, 0) is 24.5 Å². The lowest BCUT2D eigenvalue weighted by atomic mass is 10.0. The van der Waals surface area contributed by atoms with Gasteiger partial charge in [-0.15, -0.1) is 0 Å². The highest BCUT2D eigenvalue weighted by Crippen LogP contribution is 2.09. The Morgan fingerprint density at radius 1 is 1.17 bits per heavy atom. The first-order valence-corrected chi connectivity index (χ1v) is 7.91. The van der Waals surface area contributed by atoms with E-state index in [0.717, 1.165) is 5.56 Å². The molecule has 0 saturated carbocycles. The van der Waals surface area contributed by atoms with Crippen molar-refractivity contribution in [2.24, 2.45) is 5.92 Å². The second-order valence-electron chi connectivity index (χ2n) is 5.59. The van der Waals surface area contributed by atoms with Crippen LogP contribution in [-0.2, 0) is 9.59 Å². The molecule has 126 valence electrons. The molecule has 1 aromatic carbocycles. The minimum atomic E-state index is -1.17. The van der Waals surface area contributed by atoms with Gasteiger partial charge in [-0.1, -0.05) is 32.0 Å². The normalized spacial score (nSPS) is 13.3. The van der Waals surface area contributed by atoms with Crippen LogP contribution in [0, 0.1) is 12.8 Å². The topological polar surface area (TPSA) is 95.5 Å². The van der Waals surface area contributed by atoms with Crippen LogP contribution in [0.1, 0.15) is 29.8 Å². The third-order valence-corrected chi connectivity index (χ3v) is 3.79. The smallest absolute Gasteiger partial charge is 0.327 e. The highest BCUT2D eigenvalue weighted by Gasteiger charge is 2.28. The number of hydrogen-bond acceptors (Lipinski definition) is 4. The van der Waals surface area contributed by atoms with Crippen LogP contribution >= 0.6 is 12.6 Å². The molecule has 0 aliphatic carbocycles. The van der Waals surface area contributed by atoms with Crippen molar-refractivity contribution in [3.8, 4) is 0 Å². The Labute approximate surface area is 141 Å². The molecule has 0 aromatic heterocycles. The van der Waals surface area contributed by atoms with Crippen molar-refractivity contribution in [3.63, 3.8) is 0 Å². The SMILES string of the molecule is Cc1ccccc1C(=O)N[C@H](C(=O)N[C@@H](CS)C(=O)O)C(C)C. The van der Waals surface area contributed by atoms with E-state index in [-0.39, 0.29) is 17.6 Å². The van der Waals surface area contributed by atoms with Gasteiger partial charge in [0, 0.05) is 11.3 Å². The van der Waals surface area contributed by atoms with Crippen LogP contribution in [0.3, 0.4) is 0 Å². The largest absolute Gasteiger partial charge is 0.480 e. The van der Waals surface area contributed by atoms with Crippen LogP contribution in [0.25, 0.3) is 0 Å². The summed E-state index contributed by atoms with van der Waals surface area (Å²) in [6, 6.07) is 5.12. The Morgan fingerprint density at radius 2 is 1.78 bits per heavy atom. The van der Waals surface area contributed by atoms with Crippen LogP contribution in [-0.4, -0.2) is 40.7 Å². The molecule has 0 bridgehead atoms. The van der Waals surface area contributed by atoms with E-state index < -0.39 is 24.0 Å². The molecule has 0 saturated heterocycles. The lowest BCUT2D eigenvalue weighted by Crippen LogP contribution is -2.54. The van der Waals surface area contributed by atoms with Crippen molar-refractivity contribution in [2.45, 2.75) is 32.9 Å². The highest BCUT2D eigenvalue weighted by atomic mass is 32.1. The van der Waals surface area contributed by atoms with Gasteiger partial charge in [0.2, 0.25) is 5.91 Å². The zero-order chi connectivity index (χ0) is 17.6. The Balaban J connectivity index is 2.87. The molecular formula is C16H22N2O4S. The quantitative estimate of drug-likeness (QED) is 0.563. The number of benzene rings is 1. The minimum Gasteiger partial charge on any atom is -0.480 e. The van der Waals surface area contributed by atoms with E-state index in [2.05, 4.69) is 23.3 Å². The molecule has 7 heteroatoms. The molecule has 3 N–H and O–H groups in total. The minimum absolute atomic E-state index is 0.0301. The molecular weight excluding hydrogens is 316 g/mol. The molecule has 0 fully saturated rings. The van der Waals surface area contributed by atoms with Gasteiger partial charge in [-0.2, -0.15) is 12.6 Å². The average Bonchev–Trinajstić information content (AvgIpc) is 2.49. The van der Waals surface area contributed by atoms with E-state index in [1.54, 1.807) is 39.0 Å². The summed E-state index contributed by atoms with van der Waals surface area (Å²) >= 11 is 3.91. The molecule has 2 amide bonds. The van der Waals surface area contributed by atoms with E-state index in [4.69, 9.17) is 5.11 Å². The summed E-state index contributed by atoms with van der Waals surface area (Å²) in [4.78, 5) is 35.6. The third kappa shape index (κ3) is 5.28. The first-order valence-electron chi connectivity index (χ1n) is 7.28. The molecule has 1 rings (SSSR count). The van der Waals surface area contributed by atoms with E-state index >= 15 is 0 Å². The number of carbonyl (C=O) groups excluding carboxylic acids is 2. The molecule has 0 heterocycles. The van der Waals surface area contributed by atoms with E-state index in [1.807, 2.05) is 6.07 Å². The van der Waals surface area contributed by atoms with E-state index in [0.29, 0.717) is 5.56 Å². The second kappa shape index (κ2) is 8.57. The summed E-state index contributed by atoms with van der Waals surface area (Å²) < 4.78 is 0. The monoisotopic (exact) mass is 338 g/mol. The Kier molecular flexibility index (Phi) is 7.09.